The van der Waals surface area contributed by atoms with Crippen molar-refractivity contribution in [2.75, 3.05) is 33.3 Å². The van der Waals surface area contributed by atoms with E-state index in [2.05, 4.69) is 5.32 Å². The average Bonchev–Trinajstić information content (AvgIpc) is 2.96. The summed E-state index contributed by atoms with van der Waals surface area (Å²) in [5.41, 5.74) is 0. The quantitative estimate of drug-likeness (QED) is 0.836. The van der Waals surface area contributed by atoms with Crippen molar-refractivity contribution in [1.29, 1.82) is 0 Å². The Kier molecular flexibility index (Phi) is 6.05. The SMILES string of the molecule is CNCC1CCN(C(=O)C(C)CCOc2ccccc2)C1. The molecule has 1 amide bonds. The van der Waals surface area contributed by atoms with Gasteiger partial charge in [0.15, 0.2) is 0 Å². The van der Waals surface area contributed by atoms with Crippen LogP contribution in [0.4, 0.5) is 0 Å². The van der Waals surface area contributed by atoms with E-state index in [1.807, 2.05) is 49.2 Å². The Morgan fingerprint density at radius 1 is 1.43 bits per heavy atom. The fourth-order valence-corrected chi connectivity index (χ4v) is 2.79. The molecular weight excluding hydrogens is 264 g/mol. The number of nitrogens with zero attached hydrogens (tertiary/aromatic N) is 1. The number of rotatable bonds is 7. The lowest BCUT2D eigenvalue weighted by atomic mass is 10.1. The minimum absolute atomic E-state index is 0.0297. The van der Waals surface area contributed by atoms with Crippen LogP contribution in [0.15, 0.2) is 30.3 Å². The molecule has 116 valence electrons. The standard InChI is InChI=1S/C17H26N2O2/c1-14(9-11-21-16-6-4-3-5-7-16)17(20)19-10-8-15(13-19)12-18-2/h3-7,14-15,18H,8-13H2,1-2H3. The van der Waals surface area contributed by atoms with E-state index in [0.29, 0.717) is 12.5 Å². The Morgan fingerprint density at radius 2 is 2.19 bits per heavy atom. The zero-order valence-corrected chi connectivity index (χ0v) is 13.0. The summed E-state index contributed by atoms with van der Waals surface area (Å²) in [5.74, 6) is 1.77. The molecule has 0 aliphatic carbocycles. The molecule has 2 rings (SSSR count). The van der Waals surface area contributed by atoms with Gasteiger partial charge in [-0.1, -0.05) is 25.1 Å². The smallest absolute Gasteiger partial charge is 0.225 e. The summed E-state index contributed by atoms with van der Waals surface area (Å²) >= 11 is 0. The highest BCUT2D eigenvalue weighted by atomic mass is 16.5. The third-order valence-corrected chi connectivity index (χ3v) is 4.07. The van der Waals surface area contributed by atoms with E-state index < -0.39 is 0 Å². The fourth-order valence-electron chi connectivity index (χ4n) is 2.79. The van der Waals surface area contributed by atoms with Crippen LogP contribution in [0.1, 0.15) is 19.8 Å². The first kappa shape index (κ1) is 15.8. The van der Waals surface area contributed by atoms with E-state index >= 15 is 0 Å². The largest absolute Gasteiger partial charge is 0.494 e. The molecule has 0 aromatic heterocycles. The lowest BCUT2D eigenvalue weighted by Gasteiger charge is -2.21. The van der Waals surface area contributed by atoms with Gasteiger partial charge in [-0.2, -0.15) is 0 Å². The van der Waals surface area contributed by atoms with Crippen LogP contribution < -0.4 is 10.1 Å². The summed E-state index contributed by atoms with van der Waals surface area (Å²) in [6.07, 6.45) is 1.88. The van der Waals surface area contributed by atoms with Crippen molar-refractivity contribution in [2.45, 2.75) is 19.8 Å². The van der Waals surface area contributed by atoms with Crippen LogP contribution in [-0.2, 0) is 4.79 Å². The van der Waals surface area contributed by atoms with E-state index in [-0.39, 0.29) is 11.8 Å². The van der Waals surface area contributed by atoms with Crippen molar-refractivity contribution in [3.8, 4) is 5.75 Å². The van der Waals surface area contributed by atoms with Gasteiger partial charge in [0.2, 0.25) is 5.91 Å². The number of ether oxygens (including phenoxy) is 1. The Hall–Kier alpha value is -1.55. The summed E-state index contributed by atoms with van der Waals surface area (Å²) in [6.45, 7) is 5.38. The van der Waals surface area contributed by atoms with Crippen LogP contribution in [-0.4, -0.2) is 44.1 Å². The van der Waals surface area contributed by atoms with E-state index in [1.165, 1.54) is 0 Å². The van der Waals surface area contributed by atoms with Crippen LogP contribution >= 0.6 is 0 Å². The van der Waals surface area contributed by atoms with Crippen molar-refractivity contribution < 1.29 is 9.53 Å². The number of carbonyl (C=O) groups excluding carboxylic acids is 1. The molecule has 1 aromatic carbocycles. The molecule has 1 heterocycles. The highest BCUT2D eigenvalue weighted by Crippen LogP contribution is 2.19. The molecule has 1 aliphatic rings. The number of carbonyl (C=O) groups is 1. The number of para-hydroxylation sites is 1. The molecule has 2 atom stereocenters. The topological polar surface area (TPSA) is 41.6 Å². The van der Waals surface area contributed by atoms with Crippen LogP contribution in [0.2, 0.25) is 0 Å². The fraction of sp³-hybridized carbons (Fsp3) is 0.588. The second-order valence-electron chi connectivity index (χ2n) is 5.85. The van der Waals surface area contributed by atoms with Gasteiger partial charge in [-0.05, 0) is 44.5 Å². The molecule has 4 nitrogen and oxygen atoms in total. The number of benzene rings is 1. The van der Waals surface area contributed by atoms with Crippen LogP contribution in [0.3, 0.4) is 0 Å². The predicted octanol–water partition coefficient (Wildman–Crippen LogP) is 2.16. The van der Waals surface area contributed by atoms with E-state index in [4.69, 9.17) is 4.74 Å². The van der Waals surface area contributed by atoms with Gasteiger partial charge in [0, 0.05) is 19.0 Å². The summed E-state index contributed by atoms with van der Waals surface area (Å²) in [4.78, 5) is 14.4. The Bertz CT molecular complexity index is 436. The van der Waals surface area contributed by atoms with E-state index in [9.17, 15) is 4.79 Å². The first-order valence-corrected chi connectivity index (χ1v) is 7.82. The van der Waals surface area contributed by atoms with Gasteiger partial charge in [-0.25, -0.2) is 0 Å². The highest BCUT2D eigenvalue weighted by Gasteiger charge is 2.28. The maximum atomic E-state index is 12.4. The van der Waals surface area contributed by atoms with E-state index in [0.717, 1.165) is 38.2 Å². The predicted molar refractivity (Wildman–Crippen MR) is 84.3 cm³/mol. The normalized spacial score (nSPS) is 19.5. The van der Waals surface area contributed by atoms with Crippen molar-refractivity contribution >= 4 is 5.91 Å². The minimum atomic E-state index is 0.0297. The van der Waals surface area contributed by atoms with Gasteiger partial charge in [0.1, 0.15) is 5.75 Å². The zero-order chi connectivity index (χ0) is 15.1. The van der Waals surface area contributed by atoms with Crippen LogP contribution in [0.5, 0.6) is 5.75 Å². The highest BCUT2D eigenvalue weighted by molar-refractivity contribution is 5.78. The maximum absolute atomic E-state index is 12.4. The molecule has 1 saturated heterocycles. The third kappa shape index (κ3) is 4.74. The molecule has 1 N–H and O–H groups in total. The molecule has 2 unspecified atom stereocenters. The number of hydrogen-bond donors (Lipinski definition) is 1. The Morgan fingerprint density at radius 3 is 2.90 bits per heavy atom. The third-order valence-electron chi connectivity index (χ3n) is 4.07. The summed E-state index contributed by atoms with van der Waals surface area (Å²) in [6, 6.07) is 9.75. The molecule has 0 bridgehead atoms. The van der Waals surface area contributed by atoms with Crippen molar-refractivity contribution in [3.05, 3.63) is 30.3 Å². The molecule has 21 heavy (non-hydrogen) atoms. The monoisotopic (exact) mass is 290 g/mol. The summed E-state index contributed by atoms with van der Waals surface area (Å²) in [7, 11) is 1.97. The average molecular weight is 290 g/mol. The second-order valence-corrected chi connectivity index (χ2v) is 5.85. The first-order chi connectivity index (χ1) is 10.2. The zero-order valence-electron chi connectivity index (χ0n) is 13.0. The Balaban J connectivity index is 1.70. The summed E-state index contributed by atoms with van der Waals surface area (Å²) < 4.78 is 5.67. The van der Waals surface area contributed by atoms with Crippen LogP contribution in [0.25, 0.3) is 0 Å². The lowest BCUT2D eigenvalue weighted by Crippen LogP contribution is -2.34. The molecule has 1 aromatic rings. The van der Waals surface area contributed by atoms with Crippen molar-refractivity contribution in [2.24, 2.45) is 11.8 Å². The number of amides is 1. The minimum Gasteiger partial charge on any atom is -0.494 e. The molecule has 0 spiro atoms. The number of likely N-dealkylation sites (tertiary alicyclic amines) is 1. The van der Waals surface area contributed by atoms with Crippen molar-refractivity contribution in [1.82, 2.24) is 10.2 Å². The molecule has 0 saturated carbocycles. The van der Waals surface area contributed by atoms with Crippen molar-refractivity contribution in [3.63, 3.8) is 0 Å². The first-order valence-electron chi connectivity index (χ1n) is 7.82. The maximum Gasteiger partial charge on any atom is 0.225 e. The molecule has 0 radical (unpaired) electrons. The van der Waals surface area contributed by atoms with Gasteiger partial charge >= 0.3 is 0 Å². The second kappa shape index (κ2) is 8.03. The van der Waals surface area contributed by atoms with Crippen LogP contribution in [0, 0.1) is 11.8 Å². The van der Waals surface area contributed by atoms with Gasteiger partial charge < -0.3 is 15.0 Å². The molecule has 1 aliphatic heterocycles. The molecular formula is C17H26N2O2. The summed E-state index contributed by atoms with van der Waals surface area (Å²) in [5, 5.41) is 3.19. The molecule has 1 fully saturated rings. The van der Waals surface area contributed by atoms with Gasteiger partial charge in [-0.3, -0.25) is 4.79 Å². The Labute approximate surface area is 127 Å². The number of nitrogens with one attached hydrogen (secondary N) is 1. The van der Waals surface area contributed by atoms with E-state index in [1.54, 1.807) is 0 Å². The number of hydrogen-bond acceptors (Lipinski definition) is 3. The lowest BCUT2D eigenvalue weighted by molar-refractivity contribution is -0.134. The van der Waals surface area contributed by atoms with Gasteiger partial charge in [-0.15, -0.1) is 0 Å². The van der Waals surface area contributed by atoms with Gasteiger partial charge in [0.25, 0.3) is 0 Å². The van der Waals surface area contributed by atoms with Gasteiger partial charge in [0.05, 0.1) is 6.61 Å². The molecule has 4 heteroatoms.